The van der Waals surface area contributed by atoms with Crippen molar-refractivity contribution < 1.29 is 8.95 Å². The van der Waals surface area contributed by atoms with Crippen molar-refractivity contribution in [2.75, 3.05) is 19.4 Å². The lowest BCUT2D eigenvalue weighted by Gasteiger charge is -2.21. The fourth-order valence-electron chi connectivity index (χ4n) is 1.75. The third-order valence-electron chi connectivity index (χ3n) is 2.91. The van der Waals surface area contributed by atoms with Gasteiger partial charge in [-0.2, -0.15) is 0 Å². The molecule has 3 nitrogen and oxygen atoms in total. The third-order valence-corrected chi connectivity index (χ3v) is 4.35. The van der Waals surface area contributed by atoms with Crippen LogP contribution < -0.4 is 10.1 Å². The first kappa shape index (κ1) is 15.2. The van der Waals surface area contributed by atoms with E-state index in [0.29, 0.717) is 11.7 Å². The van der Waals surface area contributed by atoms with Crippen LogP contribution in [0, 0.1) is 5.92 Å². The zero-order valence-corrected chi connectivity index (χ0v) is 12.4. The molecule has 102 valence electrons. The lowest BCUT2D eigenvalue weighted by molar-refractivity contribution is 0.413. The second-order valence-corrected chi connectivity index (χ2v) is 6.10. The highest BCUT2D eigenvalue weighted by molar-refractivity contribution is 7.85. The number of ether oxygens (including phenoxy) is 1. The van der Waals surface area contributed by atoms with Gasteiger partial charge in [-0.15, -0.1) is 0 Å². The molecule has 0 spiro atoms. The Bertz CT molecular complexity index is 393. The van der Waals surface area contributed by atoms with E-state index in [1.54, 1.807) is 7.11 Å². The maximum atomic E-state index is 12.3. The fraction of sp³-hybridized carbons (Fsp3) is 0.571. The summed E-state index contributed by atoms with van der Waals surface area (Å²) in [7, 11) is 0.633. The smallest absolute Gasteiger partial charge is 0.120 e. The standard InChI is InChI=1S/C14H23NO2S/c1-5-15-14(11(2)3)10-18(16)13-8-6-7-12(9-13)17-4/h6-9,11,14-15H,5,10H2,1-4H3. The van der Waals surface area contributed by atoms with E-state index in [1.165, 1.54) is 0 Å². The van der Waals surface area contributed by atoms with Gasteiger partial charge in [0, 0.05) is 16.7 Å². The first-order chi connectivity index (χ1) is 8.58. The van der Waals surface area contributed by atoms with Crippen LogP contribution in [0.1, 0.15) is 20.8 Å². The van der Waals surface area contributed by atoms with Gasteiger partial charge in [0.05, 0.1) is 17.9 Å². The van der Waals surface area contributed by atoms with Gasteiger partial charge in [0.25, 0.3) is 0 Å². The van der Waals surface area contributed by atoms with Crippen LogP contribution >= 0.6 is 0 Å². The monoisotopic (exact) mass is 269 g/mol. The molecule has 2 atom stereocenters. The molecule has 0 aliphatic rings. The van der Waals surface area contributed by atoms with Crippen molar-refractivity contribution in [2.45, 2.75) is 31.7 Å². The predicted octanol–water partition coefficient (Wildman–Crippen LogP) is 2.44. The number of hydrogen-bond donors (Lipinski definition) is 1. The number of rotatable bonds is 7. The molecule has 0 bridgehead atoms. The minimum absolute atomic E-state index is 0.280. The molecule has 0 amide bonds. The van der Waals surface area contributed by atoms with E-state index in [-0.39, 0.29) is 6.04 Å². The highest BCUT2D eigenvalue weighted by Crippen LogP contribution is 2.17. The van der Waals surface area contributed by atoms with Crippen molar-refractivity contribution in [3.05, 3.63) is 24.3 Å². The zero-order valence-electron chi connectivity index (χ0n) is 11.6. The molecule has 4 heteroatoms. The van der Waals surface area contributed by atoms with Crippen LogP contribution in [-0.2, 0) is 10.8 Å². The van der Waals surface area contributed by atoms with E-state index in [9.17, 15) is 4.21 Å². The topological polar surface area (TPSA) is 38.3 Å². The highest BCUT2D eigenvalue weighted by Gasteiger charge is 2.16. The maximum Gasteiger partial charge on any atom is 0.120 e. The Morgan fingerprint density at radius 2 is 2.11 bits per heavy atom. The molecule has 1 aromatic carbocycles. The van der Waals surface area contributed by atoms with Crippen LogP contribution in [0.3, 0.4) is 0 Å². The van der Waals surface area contributed by atoms with E-state index in [2.05, 4.69) is 26.1 Å². The number of nitrogens with one attached hydrogen (secondary N) is 1. The number of hydrogen-bond acceptors (Lipinski definition) is 3. The average molecular weight is 269 g/mol. The van der Waals surface area contributed by atoms with E-state index in [1.807, 2.05) is 24.3 Å². The van der Waals surface area contributed by atoms with Gasteiger partial charge in [-0.05, 0) is 30.7 Å². The first-order valence-electron chi connectivity index (χ1n) is 6.34. The van der Waals surface area contributed by atoms with Gasteiger partial charge in [-0.25, -0.2) is 0 Å². The van der Waals surface area contributed by atoms with Crippen LogP contribution in [0.15, 0.2) is 29.2 Å². The molecule has 0 aliphatic carbocycles. The van der Waals surface area contributed by atoms with Gasteiger partial charge >= 0.3 is 0 Å². The van der Waals surface area contributed by atoms with E-state index < -0.39 is 10.8 Å². The molecule has 0 saturated heterocycles. The van der Waals surface area contributed by atoms with Crippen LogP contribution in [0.5, 0.6) is 5.75 Å². The second kappa shape index (κ2) is 7.54. The summed E-state index contributed by atoms with van der Waals surface area (Å²) in [6, 6.07) is 7.76. The summed E-state index contributed by atoms with van der Waals surface area (Å²) in [5, 5.41) is 3.39. The molecule has 0 heterocycles. The van der Waals surface area contributed by atoms with Crippen molar-refractivity contribution in [3.8, 4) is 5.75 Å². The van der Waals surface area contributed by atoms with Crippen molar-refractivity contribution in [2.24, 2.45) is 5.92 Å². The molecule has 1 aromatic rings. The summed E-state index contributed by atoms with van der Waals surface area (Å²) in [6.45, 7) is 7.27. The molecular formula is C14H23NO2S. The molecule has 1 N–H and O–H groups in total. The Morgan fingerprint density at radius 1 is 1.39 bits per heavy atom. The lowest BCUT2D eigenvalue weighted by atomic mass is 10.1. The van der Waals surface area contributed by atoms with Crippen molar-refractivity contribution in [1.29, 1.82) is 0 Å². The average Bonchev–Trinajstić information content (AvgIpc) is 2.38. The molecule has 0 aromatic heterocycles. The third kappa shape index (κ3) is 4.42. The minimum Gasteiger partial charge on any atom is -0.497 e. The molecule has 18 heavy (non-hydrogen) atoms. The second-order valence-electron chi connectivity index (χ2n) is 4.60. The van der Waals surface area contributed by atoms with Crippen molar-refractivity contribution in [1.82, 2.24) is 5.32 Å². The summed E-state index contributed by atoms with van der Waals surface area (Å²) in [5.41, 5.74) is 0. The van der Waals surface area contributed by atoms with Crippen molar-refractivity contribution >= 4 is 10.8 Å². The molecule has 0 aliphatic heterocycles. The van der Waals surface area contributed by atoms with E-state index in [0.717, 1.165) is 17.2 Å². The van der Waals surface area contributed by atoms with E-state index in [4.69, 9.17) is 4.74 Å². The van der Waals surface area contributed by atoms with Gasteiger partial charge < -0.3 is 10.1 Å². The molecule has 0 radical (unpaired) electrons. The van der Waals surface area contributed by atoms with Gasteiger partial charge in [0.15, 0.2) is 0 Å². The predicted molar refractivity (Wildman–Crippen MR) is 76.6 cm³/mol. The minimum atomic E-state index is -0.990. The Balaban J connectivity index is 2.73. The lowest BCUT2D eigenvalue weighted by Crippen LogP contribution is -2.38. The van der Waals surface area contributed by atoms with E-state index >= 15 is 0 Å². The number of benzene rings is 1. The summed E-state index contributed by atoms with van der Waals surface area (Å²) in [4.78, 5) is 0.831. The Kier molecular flexibility index (Phi) is 6.36. The summed E-state index contributed by atoms with van der Waals surface area (Å²) >= 11 is 0. The van der Waals surface area contributed by atoms with Gasteiger partial charge in [0.1, 0.15) is 5.75 Å². The van der Waals surface area contributed by atoms with Crippen LogP contribution in [0.25, 0.3) is 0 Å². The maximum absolute atomic E-state index is 12.3. The fourth-order valence-corrected chi connectivity index (χ4v) is 3.25. The highest BCUT2D eigenvalue weighted by atomic mass is 32.2. The van der Waals surface area contributed by atoms with Gasteiger partial charge in [0.2, 0.25) is 0 Å². The quantitative estimate of drug-likeness (QED) is 0.826. The van der Waals surface area contributed by atoms with Crippen molar-refractivity contribution in [3.63, 3.8) is 0 Å². The summed E-state index contributed by atoms with van der Waals surface area (Å²) in [5.74, 6) is 1.86. The Hall–Kier alpha value is -0.870. The molecule has 1 rings (SSSR count). The van der Waals surface area contributed by atoms with Gasteiger partial charge in [-0.3, -0.25) is 4.21 Å². The first-order valence-corrected chi connectivity index (χ1v) is 7.66. The normalized spacial score (nSPS) is 14.5. The Morgan fingerprint density at radius 3 is 2.67 bits per heavy atom. The van der Waals surface area contributed by atoms with Crippen LogP contribution in [0.4, 0.5) is 0 Å². The molecule has 0 saturated carbocycles. The number of methoxy groups -OCH3 is 1. The summed E-state index contributed by atoms with van der Waals surface area (Å²) < 4.78 is 17.5. The largest absolute Gasteiger partial charge is 0.497 e. The molecular weight excluding hydrogens is 246 g/mol. The van der Waals surface area contributed by atoms with Gasteiger partial charge in [-0.1, -0.05) is 26.8 Å². The summed E-state index contributed by atoms with van der Waals surface area (Å²) in [6.07, 6.45) is 0. The van der Waals surface area contributed by atoms with Crippen LogP contribution in [0.2, 0.25) is 0 Å². The Labute approximate surface area is 112 Å². The zero-order chi connectivity index (χ0) is 13.5. The van der Waals surface area contributed by atoms with Crippen LogP contribution in [-0.4, -0.2) is 29.7 Å². The molecule has 0 fully saturated rings. The molecule has 2 unspecified atom stereocenters. The SMILES string of the molecule is CCNC(CS(=O)c1cccc(OC)c1)C(C)C.